The molecule has 0 aromatic rings. The van der Waals surface area contributed by atoms with Crippen molar-refractivity contribution >= 4 is 0 Å². The van der Waals surface area contributed by atoms with E-state index in [0.717, 1.165) is 36.9 Å². The molecule has 0 bridgehead atoms. The second-order valence-corrected chi connectivity index (χ2v) is 6.96. The molecule has 18 heavy (non-hydrogen) atoms. The second kappa shape index (κ2) is 6.38. The Balaban J connectivity index is 1.91. The predicted molar refractivity (Wildman–Crippen MR) is 76.7 cm³/mol. The van der Waals surface area contributed by atoms with Crippen LogP contribution in [-0.2, 0) is 4.74 Å². The molecule has 0 amide bonds. The maximum absolute atomic E-state index is 5.75. The quantitative estimate of drug-likeness (QED) is 0.764. The van der Waals surface area contributed by atoms with E-state index < -0.39 is 0 Å². The van der Waals surface area contributed by atoms with Crippen LogP contribution in [0.2, 0.25) is 0 Å². The van der Waals surface area contributed by atoms with Crippen LogP contribution in [0.1, 0.15) is 47.0 Å². The van der Waals surface area contributed by atoms with Crippen LogP contribution < -0.4 is 0 Å². The lowest BCUT2D eigenvalue weighted by Gasteiger charge is -2.45. The van der Waals surface area contributed by atoms with Crippen LogP contribution in [0.4, 0.5) is 0 Å². The standard InChI is InChI=1S/C16H31NO/c1-12(2)14-5-8-17(9-6-14)16-11-18-10-7-15(16)13(3)4/h12-16H,5-11H2,1-4H3. The molecule has 2 atom stereocenters. The van der Waals surface area contributed by atoms with Crippen molar-refractivity contribution in [3.8, 4) is 0 Å². The smallest absolute Gasteiger partial charge is 0.0624 e. The first-order chi connectivity index (χ1) is 8.59. The van der Waals surface area contributed by atoms with Gasteiger partial charge in [-0.2, -0.15) is 0 Å². The maximum Gasteiger partial charge on any atom is 0.0624 e. The lowest BCUT2D eigenvalue weighted by atomic mass is 9.81. The van der Waals surface area contributed by atoms with Crippen LogP contribution in [0.25, 0.3) is 0 Å². The summed E-state index contributed by atoms with van der Waals surface area (Å²) < 4.78 is 5.75. The van der Waals surface area contributed by atoms with Gasteiger partial charge in [0.05, 0.1) is 6.61 Å². The summed E-state index contributed by atoms with van der Waals surface area (Å²) in [6.07, 6.45) is 4.03. The molecule has 2 heteroatoms. The Hall–Kier alpha value is -0.0800. The van der Waals surface area contributed by atoms with Gasteiger partial charge in [0.25, 0.3) is 0 Å². The van der Waals surface area contributed by atoms with E-state index in [1.54, 1.807) is 0 Å². The Morgan fingerprint density at radius 3 is 2.17 bits per heavy atom. The number of nitrogens with zero attached hydrogens (tertiary/aromatic N) is 1. The largest absolute Gasteiger partial charge is 0.380 e. The van der Waals surface area contributed by atoms with Gasteiger partial charge in [-0.25, -0.2) is 0 Å². The number of hydrogen-bond donors (Lipinski definition) is 0. The van der Waals surface area contributed by atoms with Crippen molar-refractivity contribution in [3.05, 3.63) is 0 Å². The fourth-order valence-electron chi connectivity index (χ4n) is 3.81. The molecule has 2 heterocycles. The molecule has 0 N–H and O–H groups in total. The summed E-state index contributed by atoms with van der Waals surface area (Å²) in [5.74, 6) is 3.44. The van der Waals surface area contributed by atoms with Crippen LogP contribution in [-0.4, -0.2) is 37.2 Å². The van der Waals surface area contributed by atoms with Crippen molar-refractivity contribution in [1.29, 1.82) is 0 Å². The second-order valence-electron chi connectivity index (χ2n) is 6.96. The molecular formula is C16H31NO. The number of rotatable bonds is 3. The molecule has 0 spiro atoms. The molecule has 0 aromatic carbocycles. The summed E-state index contributed by atoms with van der Waals surface area (Å²) in [4.78, 5) is 2.72. The van der Waals surface area contributed by atoms with E-state index in [9.17, 15) is 0 Å². The highest BCUT2D eigenvalue weighted by Crippen LogP contribution is 2.32. The van der Waals surface area contributed by atoms with Gasteiger partial charge in [-0.1, -0.05) is 27.7 Å². The van der Waals surface area contributed by atoms with Gasteiger partial charge in [0.1, 0.15) is 0 Å². The molecule has 2 unspecified atom stereocenters. The first kappa shape index (κ1) is 14.3. The average Bonchev–Trinajstić information content (AvgIpc) is 2.39. The minimum atomic E-state index is 0.687. The lowest BCUT2D eigenvalue weighted by Crippen LogP contribution is -2.51. The van der Waals surface area contributed by atoms with Crippen LogP contribution in [0, 0.1) is 23.7 Å². The molecule has 0 saturated carbocycles. The van der Waals surface area contributed by atoms with Gasteiger partial charge in [0.15, 0.2) is 0 Å². The third-order valence-electron chi connectivity index (χ3n) is 5.22. The molecule has 2 aliphatic heterocycles. The third-order valence-corrected chi connectivity index (χ3v) is 5.22. The molecular weight excluding hydrogens is 222 g/mol. The Kier molecular flexibility index (Phi) is 5.08. The Morgan fingerprint density at radius 1 is 0.944 bits per heavy atom. The van der Waals surface area contributed by atoms with Crippen molar-refractivity contribution in [3.63, 3.8) is 0 Å². The average molecular weight is 253 g/mol. The van der Waals surface area contributed by atoms with Crippen LogP contribution in [0.5, 0.6) is 0 Å². The Morgan fingerprint density at radius 2 is 1.61 bits per heavy atom. The van der Waals surface area contributed by atoms with E-state index in [0.29, 0.717) is 6.04 Å². The molecule has 2 saturated heterocycles. The van der Waals surface area contributed by atoms with E-state index >= 15 is 0 Å². The summed E-state index contributed by atoms with van der Waals surface area (Å²) in [5.41, 5.74) is 0. The van der Waals surface area contributed by atoms with Crippen molar-refractivity contribution in [2.75, 3.05) is 26.3 Å². The highest BCUT2D eigenvalue weighted by atomic mass is 16.5. The van der Waals surface area contributed by atoms with Crippen molar-refractivity contribution in [2.24, 2.45) is 23.7 Å². The highest BCUT2D eigenvalue weighted by Gasteiger charge is 2.34. The minimum Gasteiger partial charge on any atom is -0.380 e. The number of ether oxygens (including phenoxy) is 1. The van der Waals surface area contributed by atoms with E-state index in [4.69, 9.17) is 4.74 Å². The zero-order valence-corrected chi connectivity index (χ0v) is 12.7. The summed E-state index contributed by atoms with van der Waals surface area (Å²) >= 11 is 0. The van der Waals surface area contributed by atoms with Gasteiger partial charge in [-0.3, -0.25) is 4.90 Å². The summed E-state index contributed by atoms with van der Waals surface area (Å²) in [7, 11) is 0. The van der Waals surface area contributed by atoms with Crippen molar-refractivity contribution in [1.82, 2.24) is 4.90 Å². The fraction of sp³-hybridized carbons (Fsp3) is 1.00. The molecule has 2 aliphatic rings. The van der Waals surface area contributed by atoms with Crippen LogP contribution >= 0.6 is 0 Å². The minimum absolute atomic E-state index is 0.687. The molecule has 0 radical (unpaired) electrons. The fourth-order valence-corrected chi connectivity index (χ4v) is 3.81. The Bertz CT molecular complexity index is 243. The highest BCUT2D eigenvalue weighted by molar-refractivity contribution is 4.87. The van der Waals surface area contributed by atoms with Crippen molar-refractivity contribution in [2.45, 2.75) is 53.0 Å². The van der Waals surface area contributed by atoms with Crippen LogP contribution in [0.3, 0.4) is 0 Å². The Labute approximate surface area is 113 Å². The van der Waals surface area contributed by atoms with Gasteiger partial charge < -0.3 is 4.74 Å². The molecule has 2 rings (SSSR count). The van der Waals surface area contributed by atoms with Gasteiger partial charge in [0.2, 0.25) is 0 Å². The topological polar surface area (TPSA) is 12.5 Å². The number of hydrogen-bond acceptors (Lipinski definition) is 2. The van der Waals surface area contributed by atoms with Crippen molar-refractivity contribution < 1.29 is 4.74 Å². The molecule has 0 aliphatic carbocycles. The summed E-state index contributed by atoms with van der Waals surface area (Å²) in [6, 6.07) is 0.687. The zero-order valence-electron chi connectivity index (χ0n) is 12.7. The zero-order chi connectivity index (χ0) is 13.1. The summed E-state index contributed by atoms with van der Waals surface area (Å²) in [6.45, 7) is 14.0. The molecule has 2 nitrogen and oxygen atoms in total. The van der Waals surface area contributed by atoms with Gasteiger partial charge in [-0.05, 0) is 56.0 Å². The van der Waals surface area contributed by atoms with E-state index in [-0.39, 0.29) is 0 Å². The predicted octanol–water partition coefficient (Wildman–Crippen LogP) is 3.42. The number of likely N-dealkylation sites (tertiary alicyclic amines) is 1. The van der Waals surface area contributed by atoms with Crippen LogP contribution in [0.15, 0.2) is 0 Å². The van der Waals surface area contributed by atoms with Gasteiger partial charge >= 0.3 is 0 Å². The third kappa shape index (κ3) is 3.27. The normalized spacial score (nSPS) is 32.3. The first-order valence-corrected chi connectivity index (χ1v) is 7.91. The lowest BCUT2D eigenvalue weighted by molar-refractivity contribution is -0.0435. The molecule has 2 fully saturated rings. The monoisotopic (exact) mass is 253 g/mol. The summed E-state index contributed by atoms with van der Waals surface area (Å²) in [5, 5.41) is 0. The SMILES string of the molecule is CC(C)C1CCN(C2COCCC2C(C)C)CC1. The molecule has 0 aromatic heterocycles. The maximum atomic E-state index is 5.75. The number of piperidine rings is 1. The molecule has 106 valence electrons. The first-order valence-electron chi connectivity index (χ1n) is 7.91. The van der Waals surface area contributed by atoms with E-state index in [1.165, 1.54) is 32.4 Å². The van der Waals surface area contributed by atoms with Gasteiger partial charge in [-0.15, -0.1) is 0 Å². The van der Waals surface area contributed by atoms with E-state index in [2.05, 4.69) is 32.6 Å². The van der Waals surface area contributed by atoms with Gasteiger partial charge in [0, 0.05) is 12.6 Å². The van der Waals surface area contributed by atoms with E-state index in [1.807, 2.05) is 0 Å².